The predicted octanol–water partition coefficient (Wildman–Crippen LogP) is 6.12. The van der Waals surface area contributed by atoms with E-state index in [0.29, 0.717) is 24.9 Å². The normalized spacial score (nSPS) is 23.1. The number of benzene rings is 3. The van der Waals surface area contributed by atoms with Gasteiger partial charge in [-0.3, -0.25) is 4.84 Å². The summed E-state index contributed by atoms with van der Waals surface area (Å²) in [6.45, 7) is 0.497. The number of para-hydroxylation sites is 1. The highest BCUT2D eigenvalue weighted by molar-refractivity contribution is 7.89. The summed E-state index contributed by atoms with van der Waals surface area (Å²) in [6, 6.07) is 20.5. The van der Waals surface area contributed by atoms with Crippen LogP contribution in [0, 0.1) is 5.92 Å². The number of hydrogen-bond donors (Lipinski definition) is 0. The van der Waals surface area contributed by atoms with Crippen molar-refractivity contribution >= 4 is 21.0 Å². The van der Waals surface area contributed by atoms with Crippen molar-refractivity contribution in [2.75, 3.05) is 20.2 Å². The molecular weight excluding hydrogens is 517 g/mol. The highest BCUT2D eigenvalue weighted by atomic mass is 32.2. The lowest BCUT2D eigenvalue weighted by atomic mass is 9.87. The third-order valence-corrected chi connectivity index (χ3v) is 9.37. The first kappa shape index (κ1) is 25.1. The molecule has 198 valence electrons. The second-order valence-electron chi connectivity index (χ2n) is 9.79. The van der Waals surface area contributed by atoms with E-state index < -0.39 is 27.8 Å². The van der Waals surface area contributed by atoms with Gasteiger partial charge in [-0.1, -0.05) is 48.5 Å². The van der Waals surface area contributed by atoms with Crippen molar-refractivity contribution in [3.05, 3.63) is 90.0 Å². The zero-order valence-corrected chi connectivity index (χ0v) is 21.2. The van der Waals surface area contributed by atoms with Gasteiger partial charge in [-0.25, -0.2) is 8.42 Å². The Labute approximate surface area is 218 Å². The number of sulfonamides is 1. The third kappa shape index (κ3) is 4.41. The number of hydrogen-bond acceptors (Lipinski definition) is 5. The number of rotatable bonds is 4. The smallest absolute Gasteiger partial charge is 0.416 e. The van der Waals surface area contributed by atoms with Crippen molar-refractivity contribution in [1.82, 2.24) is 9.37 Å². The summed E-state index contributed by atoms with van der Waals surface area (Å²) in [5, 5.41) is 2.74. The molecule has 4 aromatic rings. The van der Waals surface area contributed by atoms with Gasteiger partial charge < -0.3 is 4.42 Å². The summed E-state index contributed by atoms with van der Waals surface area (Å²) in [7, 11) is -2.41. The molecule has 0 aliphatic carbocycles. The fourth-order valence-electron chi connectivity index (χ4n) is 5.47. The summed E-state index contributed by atoms with van der Waals surface area (Å²) >= 11 is 0. The maximum atomic E-state index is 13.8. The molecule has 38 heavy (non-hydrogen) atoms. The molecule has 6 rings (SSSR count). The maximum Gasteiger partial charge on any atom is 0.416 e. The number of hydroxylamine groups is 2. The van der Waals surface area contributed by atoms with Crippen LogP contribution in [0.3, 0.4) is 0 Å². The Morgan fingerprint density at radius 3 is 2.45 bits per heavy atom. The van der Waals surface area contributed by atoms with Crippen molar-refractivity contribution in [2.45, 2.75) is 29.6 Å². The standard InChI is InChI=1S/C28H25F3N2O4S/c1-32-24-15-25(18-9-11-19(12-10-18)27-13-20-5-2-3-8-26(20)37-27)33(16-21(24)17-36-32)38(34,35)23-7-4-6-22(14-23)28(29,30)31/h2-14,21,24-25H,15-17H2,1H3/t21-,24-,25-/m0/s1. The van der Waals surface area contributed by atoms with Gasteiger partial charge in [-0.2, -0.15) is 22.5 Å². The van der Waals surface area contributed by atoms with E-state index in [4.69, 9.17) is 9.25 Å². The van der Waals surface area contributed by atoms with Crippen LogP contribution in [0.1, 0.15) is 23.6 Å². The average Bonchev–Trinajstić information content (AvgIpc) is 3.51. The summed E-state index contributed by atoms with van der Waals surface area (Å²) in [5.41, 5.74) is 1.36. The fraction of sp³-hybridized carbons (Fsp3) is 0.286. The average molecular weight is 543 g/mol. The van der Waals surface area contributed by atoms with E-state index in [9.17, 15) is 21.6 Å². The molecule has 6 nitrogen and oxygen atoms in total. The largest absolute Gasteiger partial charge is 0.456 e. The number of piperidine rings is 1. The number of nitrogens with zero attached hydrogens (tertiary/aromatic N) is 2. The quantitative estimate of drug-likeness (QED) is 0.311. The van der Waals surface area contributed by atoms with Crippen LogP contribution in [-0.4, -0.2) is 44.0 Å². The molecule has 0 radical (unpaired) electrons. The molecule has 3 atom stereocenters. The van der Waals surface area contributed by atoms with Gasteiger partial charge >= 0.3 is 6.18 Å². The zero-order chi connectivity index (χ0) is 26.7. The molecule has 0 saturated carbocycles. The molecule has 2 aliphatic rings. The summed E-state index contributed by atoms with van der Waals surface area (Å²) in [5.74, 6) is 0.602. The van der Waals surface area contributed by atoms with Crippen molar-refractivity contribution in [3.8, 4) is 11.3 Å². The van der Waals surface area contributed by atoms with Gasteiger partial charge in [-0.15, -0.1) is 0 Å². The number of furan rings is 1. The van der Waals surface area contributed by atoms with Crippen molar-refractivity contribution in [1.29, 1.82) is 0 Å². The van der Waals surface area contributed by atoms with Crippen LogP contribution in [0.15, 0.2) is 88.2 Å². The Bertz CT molecular complexity index is 1550. The molecule has 2 aliphatic heterocycles. The van der Waals surface area contributed by atoms with E-state index in [-0.39, 0.29) is 23.4 Å². The molecule has 3 heterocycles. The topological polar surface area (TPSA) is 63.0 Å². The van der Waals surface area contributed by atoms with E-state index >= 15 is 0 Å². The van der Waals surface area contributed by atoms with Crippen LogP contribution in [0.5, 0.6) is 0 Å². The number of halogens is 3. The van der Waals surface area contributed by atoms with Gasteiger partial charge in [0.15, 0.2) is 0 Å². The molecule has 0 N–H and O–H groups in total. The molecular formula is C28H25F3N2O4S. The second-order valence-corrected chi connectivity index (χ2v) is 11.7. The Morgan fingerprint density at radius 1 is 0.947 bits per heavy atom. The lowest BCUT2D eigenvalue weighted by Gasteiger charge is -2.41. The van der Waals surface area contributed by atoms with E-state index in [1.54, 1.807) is 5.06 Å². The number of alkyl halides is 3. The van der Waals surface area contributed by atoms with Crippen LogP contribution < -0.4 is 0 Å². The van der Waals surface area contributed by atoms with Crippen LogP contribution in [0.25, 0.3) is 22.3 Å². The monoisotopic (exact) mass is 542 g/mol. The molecule has 10 heteroatoms. The molecule has 0 bridgehead atoms. The van der Waals surface area contributed by atoms with Gasteiger partial charge in [0, 0.05) is 36.5 Å². The van der Waals surface area contributed by atoms with E-state index in [0.717, 1.165) is 34.2 Å². The predicted molar refractivity (Wildman–Crippen MR) is 135 cm³/mol. The van der Waals surface area contributed by atoms with E-state index in [1.165, 1.54) is 10.4 Å². The summed E-state index contributed by atoms with van der Waals surface area (Å²) in [6.07, 6.45) is -4.20. The maximum absolute atomic E-state index is 13.8. The van der Waals surface area contributed by atoms with Gasteiger partial charge in [0.1, 0.15) is 11.3 Å². The summed E-state index contributed by atoms with van der Waals surface area (Å²) in [4.78, 5) is 5.30. The van der Waals surface area contributed by atoms with Gasteiger partial charge in [0.05, 0.1) is 23.1 Å². The second kappa shape index (κ2) is 9.23. The molecule has 2 saturated heterocycles. The Hall–Kier alpha value is -3.18. The lowest BCUT2D eigenvalue weighted by Crippen LogP contribution is -2.49. The molecule has 1 aromatic heterocycles. The Morgan fingerprint density at radius 2 is 1.71 bits per heavy atom. The van der Waals surface area contributed by atoms with Crippen LogP contribution in [0.4, 0.5) is 13.2 Å². The van der Waals surface area contributed by atoms with Gasteiger partial charge in [0.25, 0.3) is 0 Å². The van der Waals surface area contributed by atoms with Gasteiger partial charge in [0.2, 0.25) is 10.0 Å². The van der Waals surface area contributed by atoms with Crippen LogP contribution in [0.2, 0.25) is 0 Å². The van der Waals surface area contributed by atoms with Crippen molar-refractivity contribution in [2.24, 2.45) is 5.92 Å². The Balaban J connectivity index is 1.37. The van der Waals surface area contributed by atoms with Crippen molar-refractivity contribution < 1.29 is 30.8 Å². The molecule has 3 aromatic carbocycles. The minimum absolute atomic E-state index is 0.0111. The van der Waals surface area contributed by atoms with E-state index in [1.807, 2.05) is 61.6 Å². The SMILES string of the molecule is CN1OC[C@@H]2CN(S(=O)(=O)c3cccc(C(F)(F)F)c3)[C@H](c3ccc(-c4cc5ccccc5o4)cc3)C[C@@H]21. The highest BCUT2D eigenvalue weighted by Crippen LogP contribution is 2.42. The fourth-order valence-corrected chi connectivity index (χ4v) is 7.19. The van der Waals surface area contributed by atoms with Crippen molar-refractivity contribution in [3.63, 3.8) is 0 Å². The minimum atomic E-state index is -4.65. The third-order valence-electron chi connectivity index (χ3n) is 7.50. The molecule has 0 amide bonds. The zero-order valence-electron chi connectivity index (χ0n) is 20.4. The van der Waals surface area contributed by atoms with Crippen LogP contribution >= 0.6 is 0 Å². The Kier molecular flexibility index (Phi) is 6.10. The first-order valence-corrected chi connectivity index (χ1v) is 13.7. The first-order chi connectivity index (χ1) is 18.1. The van der Waals surface area contributed by atoms with Gasteiger partial charge in [-0.05, 0) is 42.3 Å². The molecule has 2 fully saturated rings. The molecule has 0 spiro atoms. The number of fused-ring (bicyclic) bond motifs is 2. The summed E-state index contributed by atoms with van der Waals surface area (Å²) < 4.78 is 75.0. The lowest BCUT2D eigenvalue weighted by molar-refractivity contribution is -0.137. The van der Waals surface area contributed by atoms with Crippen LogP contribution in [-0.2, 0) is 21.0 Å². The van der Waals surface area contributed by atoms with E-state index in [2.05, 4.69) is 0 Å². The first-order valence-electron chi connectivity index (χ1n) is 12.2. The minimum Gasteiger partial charge on any atom is -0.456 e. The highest BCUT2D eigenvalue weighted by Gasteiger charge is 2.47. The molecule has 0 unspecified atom stereocenters.